The van der Waals surface area contributed by atoms with Gasteiger partial charge in [-0.2, -0.15) is 0 Å². The quantitative estimate of drug-likeness (QED) is 0.623. The molecule has 66 valence electrons. The molecule has 1 unspecified atom stereocenters. The molecule has 1 aliphatic heterocycles. The fraction of sp³-hybridized carbons (Fsp3) is 1.00. The van der Waals surface area contributed by atoms with Gasteiger partial charge in [0.05, 0.1) is 6.61 Å². The van der Waals surface area contributed by atoms with Gasteiger partial charge in [-0.05, 0) is 19.4 Å². The first-order valence-electron chi connectivity index (χ1n) is 4.55. The van der Waals surface area contributed by atoms with E-state index in [9.17, 15) is 0 Å². The van der Waals surface area contributed by atoms with Crippen molar-refractivity contribution in [3.8, 4) is 0 Å². The molecule has 0 spiro atoms. The minimum absolute atomic E-state index is 0.412. The maximum Gasteiger partial charge on any atom is 0.0532 e. The summed E-state index contributed by atoms with van der Waals surface area (Å²) in [5.74, 6) is 0. The van der Waals surface area contributed by atoms with Gasteiger partial charge < -0.3 is 10.1 Å². The standard InChI is InChI=1S/C9H19NO/c1-3-5-10-7-9(2)4-6-11-8-9/h10H,3-8H2,1-2H3. The lowest BCUT2D eigenvalue weighted by atomic mass is 9.90. The van der Waals surface area contributed by atoms with Crippen LogP contribution in [0.2, 0.25) is 0 Å². The van der Waals surface area contributed by atoms with E-state index in [1.54, 1.807) is 0 Å². The van der Waals surface area contributed by atoms with Crippen LogP contribution in [0.5, 0.6) is 0 Å². The molecule has 0 saturated carbocycles. The molecule has 0 aromatic heterocycles. The highest BCUT2D eigenvalue weighted by molar-refractivity contribution is 4.80. The van der Waals surface area contributed by atoms with Crippen molar-refractivity contribution < 1.29 is 4.74 Å². The van der Waals surface area contributed by atoms with E-state index in [1.165, 1.54) is 12.8 Å². The monoisotopic (exact) mass is 157 g/mol. The summed E-state index contributed by atoms with van der Waals surface area (Å²) in [6, 6.07) is 0. The van der Waals surface area contributed by atoms with Crippen LogP contribution in [0.15, 0.2) is 0 Å². The van der Waals surface area contributed by atoms with E-state index in [2.05, 4.69) is 19.2 Å². The smallest absolute Gasteiger partial charge is 0.0532 e. The summed E-state index contributed by atoms with van der Waals surface area (Å²) in [7, 11) is 0. The molecule has 1 rings (SSSR count). The molecule has 0 aliphatic carbocycles. The summed E-state index contributed by atoms with van der Waals surface area (Å²) < 4.78 is 5.35. The molecule has 1 aliphatic rings. The zero-order chi connectivity index (χ0) is 8.16. The molecule has 11 heavy (non-hydrogen) atoms. The van der Waals surface area contributed by atoms with Crippen LogP contribution in [-0.4, -0.2) is 26.3 Å². The lowest BCUT2D eigenvalue weighted by Gasteiger charge is -2.21. The molecule has 2 nitrogen and oxygen atoms in total. The minimum atomic E-state index is 0.412. The second-order valence-electron chi connectivity index (χ2n) is 3.79. The number of rotatable bonds is 4. The summed E-state index contributed by atoms with van der Waals surface area (Å²) in [5.41, 5.74) is 0.412. The Hall–Kier alpha value is -0.0800. The normalized spacial score (nSPS) is 31.1. The lowest BCUT2D eigenvalue weighted by Crippen LogP contribution is -2.32. The van der Waals surface area contributed by atoms with Crippen molar-refractivity contribution in [2.24, 2.45) is 5.41 Å². The van der Waals surface area contributed by atoms with Crippen molar-refractivity contribution >= 4 is 0 Å². The van der Waals surface area contributed by atoms with E-state index in [-0.39, 0.29) is 0 Å². The maximum absolute atomic E-state index is 5.35. The van der Waals surface area contributed by atoms with Crippen LogP contribution in [0, 0.1) is 5.41 Å². The van der Waals surface area contributed by atoms with Gasteiger partial charge in [0.15, 0.2) is 0 Å². The van der Waals surface area contributed by atoms with Gasteiger partial charge in [0.1, 0.15) is 0 Å². The number of ether oxygens (including phenoxy) is 1. The third kappa shape index (κ3) is 2.80. The summed E-state index contributed by atoms with van der Waals surface area (Å²) in [4.78, 5) is 0. The predicted molar refractivity (Wildman–Crippen MR) is 46.7 cm³/mol. The van der Waals surface area contributed by atoms with Crippen molar-refractivity contribution in [1.82, 2.24) is 5.32 Å². The van der Waals surface area contributed by atoms with Crippen LogP contribution in [-0.2, 0) is 4.74 Å². The SMILES string of the molecule is CCCNCC1(C)CCOC1. The molecule has 2 heteroatoms. The Kier molecular flexibility index (Phi) is 3.34. The molecular formula is C9H19NO. The van der Waals surface area contributed by atoms with E-state index >= 15 is 0 Å². The average Bonchev–Trinajstić information content (AvgIpc) is 2.38. The minimum Gasteiger partial charge on any atom is -0.381 e. The molecule has 0 aromatic rings. The molecule has 1 saturated heterocycles. The average molecular weight is 157 g/mol. The summed E-state index contributed by atoms with van der Waals surface area (Å²) >= 11 is 0. The molecule has 0 aromatic carbocycles. The van der Waals surface area contributed by atoms with Crippen LogP contribution in [0.3, 0.4) is 0 Å². The molecule has 0 radical (unpaired) electrons. The maximum atomic E-state index is 5.35. The number of nitrogens with one attached hydrogen (secondary N) is 1. The third-order valence-electron chi connectivity index (χ3n) is 2.28. The Bertz CT molecular complexity index is 108. The first-order valence-corrected chi connectivity index (χ1v) is 4.55. The predicted octanol–water partition coefficient (Wildman–Crippen LogP) is 1.41. The van der Waals surface area contributed by atoms with Gasteiger partial charge in [-0.1, -0.05) is 13.8 Å². The summed E-state index contributed by atoms with van der Waals surface area (Å²) in [6.45, 7) is 8.62. The highest BCUT2D eigenvalue weighted by atomic mass is 16.5. The first kappa shape index (κ1) is 9.01. The van der Waals surface area contributed by atoms with Crippen molar-refractivity contribution in [3.63, 3.8) is 0 Å². The zero-order valence-electron chi connectivity index (χ0n) is 7.65. The van der Waals surface area contributed by atoms with Crippen LogP contribution in [0.25, 0.3) is 0 Å². The lowest BCUT2D eigenvalue weighted by molar-refractivity contribution is 0.158. The van der Waals surface area contributed by atoms with Gasteiger partial charge in [-0.15, -0.1) is 0 Å². The van der Waals surface area contributed by atoms with Crippen molar-refractivity contribution in [3.05, 3.63) is 0 Å². The van der Waals surface area contributed by atoms with E-state index in [4.69, 9.17) is 4.74 Å². The Morgan fingerprint density at radius 1 is 1.55 bits per heavy atom. The Morgan fingerprint density at radius 2 is 2.36 bits per heavy atom. The molecule has 1 fully saturated rings. The van der Waals surface area contributed by atoms with E-state index < -0.39 is 0 Å². The fourth-order valence-electron chi connectivity index (χ4n) is 1.42. The van der Waals surface area contributed by atoms with Gasteiger partial charge >= 0.3 is 0 Å². The van der Waals surface area contributed by atoms with Crippen LogP contribution < -0.4 is 5.32 Å². The Balaban J connectivity index is 2.13. The van der Waals surface area contributed by atoms with Crippen molar-refractivity contribution in [1.29, 1.82) is 0 Å². The van der Waals surface area contributed by atoms with Crippen molar-refractivity contribution in [2.45, 2.75) is 26.7 Å². The van der Waals surface area contributed by atoms with Crippen LogP contribution >= 0.6 is 0 Å². The highest BCUT2D eigenvalue weighted by Gasteiger charge is 2.28. The van der Waals surface area contributed by atoms with Gasteiger partial charge in [0.25, 0.3) is 0 Å². The first-order chi connectivity index (χ1) is 5.27. The summed E-state index contributed by atoms with van der Waals surface area (Å²) in [5, 5.41) is 3.44. The molecule has 0 amide bonds. The largest absolute Gasteiger partial charge is 0.381 e. The number of hydrogen-bond acceptors (Lipinski definition) is 2. The molecular weight excluding hydrogens is 138 g/mol. The molecule has 1 N–H and O–H groups in total. The molecule has 1 heterocycles. The second kappa shape index (κ2) is 4.07. The Labute approximate surface area is 69.3 Å². The van der Waals surface area contributed by atoms with E-state index in [1.807, 2.05) is 0 Å². The Morgan fingerprint density at radius 3 is 2.91 bits per heavy atom. The molecule has 1 atom stereocenters. The third-order valence-corrected chi connectivity index (χ3v) is 2.28. The van der Waals surface area contributed by atoms with Crippen molar-refractivity contribution in [2.75, 3.05) is 26.3 Å². The summed E-state index contributed by atoms with van der Waals surface area (Å²) in [6.07, 6.45) is 2.43. The fourth-order valence-corrected chi connectivity index (χ4v) is 1.42. The second-order valence-corrected chi connectivity index (χ2v) is 3.79. The van der Waals surface area contributed by atoms with E-state index in [0.29, 0.717) is 5.41 Å². The van der Waals surface area contributed by atoms with Gasteiger partial charge in [0.2, 0.25) is 0 Å². The molecule has 0 bridgehead atoms. The zero-order valence-corrected chi connectivity index (χ0v) is 7.65. The highest BCUT2D eigenvalue weighted by Crippen LogP contribution is 2.26. The van der Waals surface area contributed by atoms with Crippen LogP contribution in [0.4, 0.5) is 0 Å². The van der Waals surface area contributed by atoms with Gasteiger partial charge in [-0.3, -0.25) is 0 Å². The van der Waals surface area contributed by atoms with Gasteiger partial charge in [-0.25, -0.2) is 0 Å². The van der Waals surface area contributed by atoms with E-state index in [0.717, 1.165) is 26.3 Å². The van der Waals surface area contributed by atoms with Crippen LogP contribution in [0.1, 0.15) is 26.7 Å². The topological polar surface area (TPSA) is 21.3 Å². The number of hydrogen-bond donors (Lipinski definition) is 1. The van der Waals surface area contributed by atoms with Gasteiger partial charge in [0, 0.05) is 18.6 Å².